The van der Waals surface area contributed by atoms with Crippen molar-refractivity contribution in [1.29, 1.82) is 0 Å². The normalized spacial score (nSPS) is 22.2. The van der Waals surface area contributed by atoms with Crippen LogP contribution in [-0.4, -0.2) is 93.2 Å². The molecule has 9 atom stereocenters. The maximum atomic E-state index is 12.8. The summed E-state index contributed by atoms with van der Waals surface area (Å²) in [5.74, 6) is -1.27. The minimum atomic E-state index is -5.63. The van der Waals surface area contributed by atoms with Crippen LogP contribution in [0.25, 0.3) is 0 Å². The second kappa shape index (κ2) is 40.3. The summed E-state index contributed by atoms with van der Waals surface area (Å²) in [6.45, 7) is 2.98. The second-order valence-electron chi connectivity index (χ2n) is 16.8. The first-order valence-corrected chi connectivity index (χ1v) is 26.8. The van der Waals surface area contributed by atoms with Gasteiger partial charge in [-0.15, -0.1) is 0 Å². The lowest BCUT2D eigenvalue weighted by atomic mass is 9.85. The third-order valence-corrected chi connectivity index (χ3v) is 12.5. The largest absolute Gasteiger partial charge is 0.756 e. The van der Waals surface area contributed by atoms with Gasteiger partial charge in [-0.05, 0) is 64.2 Å². The summed E-state index contributed by atoms with van der Waals surface area (Å²) < 4.78 is 48.7. The van der Waals surface area contributed by atoms with Crippen molar-refractivity contribution in [2.45, 2.75) is 236 Å². The fourth-order valence-electron chi connectivity index (χ4n) is 7.24. The third-order valence-electron chi connectivity index (χ3n) is 11.0. The lowest BCUT2D eigenvalue weighted by Gasteiger charge is -2.45. The Morgan fingerprint density at radius 2 is 0.892 bits per heavy atom. The molecule has 6 unspecified atom stereocenters. The molecule has 0 saturated heterocycles. The quantitative estimate of drug-likeness (QED) is 0.0131. The van der Waals surface area contributed by atoms with Crippen LogP contribution in [0.3, 0.4) is 0 Å². The van der Waals surface area contributed by atoms with Crippen molar-refractivity contribution in [3.8, 4) is 0 Å². The zero-order valence-electron chi connectivity index (χ0n) is 40.2. The van der Waals surface area contributed by atoms with Crippen LogP contribution in [0.5, 0.6) is 0 Å². The number of aliphatic hydroxyl groups excluding tert-OH is 4. The highest BCUT2D eigenvalue weighted by atomic mass is 31.2. The van der Waals surface area contributed by atoms with Crippen molar-refractivity contribution in [3.05, 3.63) is 24.3 Å². The Labute approximate surface area is 389 Å². The van der Waals surface area contributed by atoms with E-state index in [1.165, 1.54) is 77.0 Å². The standard InChI is InChI=1S/C45H84O16P2.2H3N/c1-3-5-7-9-11-13-15-17-19-21-23-25-27-29-31-33-38(46)57-35-37(59-39(47)34-32-30-28-26-24-22-20-18-16-14-12-10-8-6-4-2)36-58-63(55,56)61-45-42(50)40(48)41(49)44(43(45)51)60-62(52,53)54;;/h17-20,37,40-45,48-51H,3-16,21-36H2,1-2H3,(H,55,56)(H2,52,53,54);2*1H3/b19-17-,20-18-;;/t37-,40?,41?,42?,43?,44-,45+;;/m1../s1. The number of hydrogen-bond donors (Lipinski definition) is 7. The number of carbonyl (C=O) groups is 2. The molecule has 18 nitrogen and oxygen atoms in total. The van der Waals surface area contributed by atoms with Crippen LogP contribution in [0.2, 0.25) is 0 Å². The second-order valence-corrected chi connectivity index (χ2v) is 19.3. The van der Waals surface area contributed by atoms with Gasteiger partial charge in [0.1, 0.15) is 43.2 Å². The summed E-state index contributed by atoms with van der Waals surface area (Å²) in [5.41, 5.74) is 0. The SMILES string of the molecule is CCCCCCCC/C=C\CCCCCCCC(=O)OC[C@H](COP(=O)([O-])O[C@H]1C(O)C(O)C(O)[C@@H](OP(=O)([O-])O)C1O)OC(=O)CCCCCCC/C=C\CCCCCCCC.[NH4+].[NH4+]. The molecule has 1 aliphatic rings. The van der Waals surface area contributed by atoms with Gasteiger partial charge in [0.15, 0.2) is 6.10 Å². The number of ether oxygens (including phenoxy) is 2. The number of aliphatic hydroxyl groups is 4. The number of esters is 2. The van der Waals surface area contributed by atoms with E-state index < -0.39 is 83.5 Å². The third kappa shape index (κ3) is 34.4. The van der Waals surface area contributed by atoms with Crippen molar-refractivity contribution in [2.24, 2.45) is 0 Å². The van der Waals surface area contributed by atoms with Crippen molar-refractivity contribution < 1.29 is 76.9 Å². The Morgan fingerprint density at radius 3 is 1.31 bits per heavy atom. The molecule has 0 amide bonds. The summed E-state index contributed by atoms with van der Waals surface area (Å²) in [6.07, 6.45) is 22.0. The van der Waals surface area contributed by atoms with Gasteiger partial charge in [-0.25, -0.2) is 0 Å². The molecular weight excluding hydrogens is 886 g/mol. The first kappa shape index (κ1) is 65.5. The van der Waals surface area contributed by atoms with Gasteiger partial charge in [0.05, 0.1) is 6.61 Å². The van der Waals surface area contributed by atoms with Crippen molar-refractivity contribution >= 4 is 27.6 Å². The zero-order chi connectivity index (χ0) is 46.8. The number of rotatable bonds is 40. The van der Waals surface area contributed by atoms with E-state index in [4.69, 9.17) is 23.4 Å². The predicted octanol–water partition coefficient (Wildman–Crippen LogP) is 8.44. The van der Waals surface area contributed by atoms with E-state index in [1.54, 1.807) is 0 Å². The molecule has 0 heterocycles. The number of allylic oxidation sites excluding steroid dienone is 4. The fraction of sp³-hybridized carbons (Fsp3) is 0.867. The minimum absolute atomic E-state index is 0. The van der Waals surface area contributed by atoms with E-state index in [0.717, 1.165) is 77.0 Å². The first-order valence-electron chi connectivity index (χ1n) is 23.8. The van der Waals surface area contributed by atoms with Gasteiger partial charge in [0.25, 0.3) is 15.6 Å². The van der Waals surface area contributed by atoms with Crippen LogP contribution < -0.4 is 22.1 Å². The van der Waals surface area contributed by atoms with E-state index in [9.17, 15) is 48.9 Å². The summed E-state index contributed by atoms with van der Waals surface area (Å²) in [4.78, 5) is 58.5. The summed E-state index contributed by atoms with van der Waals surface area (Å²) in [5, 5.41) is 41.0. The highest BCUT2D eigenvalue weighted by Crippen LogP contribution is 2.45. The first-order chi connectivity index (χ1) is 30.1. The molecule has 0 bridgehead atoms. The molecule has 1 rings (SSSR count). The van der Waals surface area contributed by atoms with Gasteiger partial charge in [-0.1, -0.05) is 141 Å². The summed E-state index contributed by atoms with van der Waals surface area (Å²) in [7, 11) is -11.2. The molecule has 0 aromatic rings. The Morgan fingerprint density at radius 1 is 0.523 bits per heavy atom. The Bertz CT molecular complexity index is 1340. The molecule has 1 aliphatic carbocycles. The maximum Gasteiger partial charge on any atom is 0.306 e. The highest BCUT2D eigenvalue weighted by molar-refractivity contribution is 7.46. The van der Waals surface area contributed by atoms with Crippen LogP contribution in [0.15, 0.2) is 24.3 Å². The lowest BCUT2D eigenvalue weighted by Crippen LogP contribution is -2.64. The van der Waals surface area contributed by atoms with Crippen molar-refractivity contribution in [3.63, 3.8) is 0 Å². The fourth-order valence-corrected chi connectivity index (χ4v) is 8.75. The Balaban J connectivity index is 0. The molecule has 1 saturated carbocycles. The van der Waals surface area contributed by atoms with Gasteiger partial charge >= 0.3 is 11.9 Å². The average molecular weight is 977 g/mol. The predicted molar refractivity (Wildman–Crippen MR) is 249 cm³/mol. The number of carbonyl (C=O) groups excluding carboxylic acids is 2. The molecule has 0 spiro atoms. The van der Waals surface area contributed by atoms with Gasteiger partial charge in [-0.2, -0.15) is 0 Å². The molecule has 20 heteroatoms. The molecule has 386 valence electrons. The van der Waals surface area contributed by atoms with Gasteiger partial charge < -0.3 is 70.5 Å². The van der Waals surface area contributed by atoms with E-state index in [2.05, 4.69) is 42.7 Å². The number of hydrogen-bond acceptors (Lipinski definition) is 15. The van der Waals surface area contributed by atoms with Gasteiger partial charge in [-0.3, -0.25) is 18.7 Å². The Kier molecular flexibility index (Phi) is 40.6. The van der Waals surface area contributed by atoms with Crippen LogP contribution in [0, 0.1) is 0 Å². The lowest BCUT2D eigenvalue weighted by molar-refractivity contribution is -0.271. The molecule has 0 aromatic carbocycles. The molecule has 0 radical (unpaired) electrons. The zero-order valence-corrected chi connectivity index (χ0v) is 42.0. The molecular formula is C45H90N2O16P2. The van der Waals surface area contributed by atoms with E-state index in [0.29, 0.717) is 12.8 Å². The van der Waals surface area contributed by atoms with Crippen LogP contribution in [-0.2, 0) is 41.8 Å². The molecule has 13 N–H and O–H groups in total. The van der Waals surface area contributed by atoms with Gasteiger partial charge in [0, 0.05) is 12.8 Å². The number of phosphoric ester groups is 2. The topological polar surface area (TPSA) is 335 Å². The number of phosphoric acid groups is 2. The molecule has 65 heavy (non-hydrogen) atoms. The van der Waals surface area contributed by atoms with Crippen LogP contribution in [0.4, 0.5) is 0 Å². The minimum Gasteiger partial charge on any atom is -0.756 e. The smallest absolute Gasteiger partial charge is 0.306 e. The monoisotopic (exact) mass is 977 g/mol. The van der Waals surface area contributed by atoms with Crippen LogP contribution in [0.1, 0.15) is 194 Å². The molecule has 0 aromatic heterocycles. The average Bonchev–Trinajstić information content (AvgIpc) is 3.23. The van der Waals surface area contributed by atoms with E-state index >= 15 is 0 Å². The molecule has 1 fully saturated rings. The Hall–Kier alpha value is -1.60. The maximum absolute atomic E-state index is 12.8. The highest BCUT2D eigenvalue weighted by Gasteiger charge is 2.52. The van der Waals surface area contributed by atoms with E-state index in [-0.39, 0.29) is 25.1 Å². The molecule has 0 aliphatic heterocycles. The number of unbranched alkanes of at least 4 members (excludes halogenated alkanes) is 22. The number of quaternary nitrogens is 2. The van der Waals surface area contributed by atoms with E-state index in [1.807, 2.05) is 0 Å². The van der Waals surface area contributed by atoms with Crippen LogP contribution >= 0.6 is 15.6 Å². The summed E-state index contributed by atoms with van der Waals surface area (Å²) in [6, 6.07) is 0. The van der Waals surface area contributed by atoms with Gasteiger partial charge in [0.2, 0.25) is 0 Å². The van der Waals surface area contributed by atoms with Crippen molar-refractivity contribution in [2.75, 3.05) is 13.2 Å². The van der Waals surface area contributed by atoms with Crippen molar-refractivity contribution in [1.82, 2.24) is 12.3 Å². The summed E-state index contributed by atoms with van der Waals surface area (Å²) >= 11 is 0.